The second-order valence-electron chi connectivity index (χ2n) is 4.18. The normalized spacial score (nSPS) is 34.2. The van der Waals surface area contributed by atoms with E-state index in [-0.39, 0.29) is 7.30 Å². The van der Waals surface area contributed by atoms with E-state index in [1.165, 1.54) is 19.3 Å². The lowest BCUT2D eigenvalue weighted by Gasteiger charge is -2.35. The summed E-state index contributed by atoms with van der Waals surface area (Å²) in [5.74, 6) is 0.896. The summed E-state index contributed by atoms with van der Waals surface area (Å²) in [4.78, 5) is 0. The van der Waals surface area contributed by atoms with Crippen LogP contribution in [0.1, 0.15) is 26.2 Å². The molecule has 1 fully saturated rings. The molecular formula is C10H18P4. The van der Waals surface area contributed by atoms with Gasteiger partial charge in [0.05, 0.1) is 0 Å². The fraction of sp³-hybridized carbons (Fsp3) is 0.600. The molecule has 0 amide bonds. The van der Waals surface area contributed by atoms with E-state index < -0.39 is 0 Å². The summed E-state index contributed by atoms with van der Waals surface area (Å²) in [6.07, 6.45) is 8.74. The Morgan fingerprint density at radius 1 is 1.36 bits per heavy atom. The first kappa shape index (κ1) is 11.7. The summed E-state index contributed by atoms with van der Waals surface area (Å²) < 4.78 is 0. The van der Waals surface area contributed by atoms with Crippen molar-refractivity contribution in [2.75, 3.05) is 0 Å². The fourth-order valence-corrected chi connectivity index (χ4v) is 8.18. The molecule has 0 spiro atoms. The molecule has 2 aliphatic rings. The zero-order chi connectivity index (χ0) is 10.1. The van der Waals surface area contributed by atoms with Crippen LogP contribution in [0.4, 0.5) is 0 Å². The molecule has 0 N–H and O–H groups in total. The van der Waals surface area contributed by atoms with Crippen molar-refractivity contribution in [3.63, 3.8) is 0 Å². The van der Waals surface area contributed by atoms with Crippen molar-refractivity contribution in [1.82, 2.24) is 0 Å². The predicted octanol–water partition coefficient (Wildman–Crippen LogP) is 4.70. The Morgan fingerprint density at radius 3 is 2.64 bits per heavy atom. The van der Waals surface area contributed by atoms with Crippen LogP contribution in [-0.2, 0) is 0 Å². The zero-order valence-corrected chi connectivity index (χ0v) is 12.7. The van der Waals surface area contributed by atoms with E-state index in [0.29, 0.717) is 0 Å². The second kappa shape index (κ2) is 5.02. The number of hydrogen-bond donors (Lipinski definition) is 0. The van der Waals surface area contributed by atoms with Crippen LogP contribution >= 0.6 is 33.1 Å². The van der Waals surface area contributed by atoms with Crippen molar-refractivity contribution < 1.29 is 0 Å². The van der Waals surface area contributed by atoms with Crippen molar-refractivity contribution in [2.24, 2.45) is 5.92 Å². The SMILES string of the molecule is C[C@H]1CC2=CCC=C2C[C@@H]1P(P)PP. The van der Waals surface area contributed by atoms with E-state index in [9.17, 15) is 0 Å². The number of hydrogen-bond acceptors (Lipinski definition) is 0. The van der Waals surface area contributed by atoms with Gasteiger partial charge in [0.15, 0.2) is 0 Å². The number of rotatable bonds is 2. The van der Waals surface area contributed by atoms with Gasteiger partial charge in [-0.3, -0.25) is 0 Å². The first-order valence-electron chi connectivity index (χ1n) is 5.11. The van der Waals surface area contributed by atoms with Crippen molar-refractivity contribution in [1.29, 1.82) is 0 Å². The minimum absolute atomic E-state index is 0.180. The molecular weight excluding hydrogens is 244 g/mol. The van der Waals surface area contributed by atoms with Gasteiger partial charge in [0.25, 0.3) is 0 Å². The summed E-state index contributed by atoms with van der Waals surface area (Å²) in [7, 11) is 7.27. The van der Waals surface area contributed by atoms with Crippen molar-refractivity contribution >= 4 is 33.1 Å². The lowest BCUT2D eigenvalue weighted by atomic mass is 9.84. The first-order chi connectivity index (χ1) is 6.72. The molecule has 2 rings (SSSR count). The number of allylic oxidation sites excluding steroid dienone is 4. The third kappa shape index (κ3) is 2.30. The molecule has 4 unspecified atom stereocenters. The third-order valence-electron chi connectivity index (χ3n) is 3.28. The van der Waals surface area contributed by atoms with Gasteiger partial charge in [-0.1, -0.05) is 34.3 Å². The lowest BCUT2D eigenvalue weighted by Crippen LogP contribution is -2.20. The average Bonchev–Trinajstić information content (AvgIpc) is 2.62. The Kier molecular flexibility index (Phi) is 4.19. The van der Waals surface area contributed by atoms with E-state index in [1.807, 2.05) is 0 Å². The predicted molar refractivity (Wildman–Crippen MR) is 77.6 cm³/mol. The molecule has 1 saturated carbocycles. The summed E-state index contributed by atoms with van der Waals surface area (Å²) in [6, 6.07) is 0. The second-order valence-corrected chi connectivity index (χ2v) is 13.8. The molecule has 14 heavy (non-hydrogen) atoms. The highest BCUT2D eigenvalue weighted by molar-refractivity contribution is 8.61. The molecule has 0 saturated heterocycles. The van der Waals surface area contributed by atoms with Gasteiger partial charge < -0.3 is 0 Å². The van der Waals surface area contributed by atoms with Crippen LogP contribution in [0.3, 0.4) is 0 Å². The Hall–Kier alpha value is 1.20. The quantitative estimate of drug-likeness (QED) is 0.633. The van der Waals surface area contributed by atoms with E-state index in [4.69, 9.17) is 0 Å². The molecule has 0 radical (unpaired) electrons. The fourth-order valence-electron chi connectivity index (χ4n) is 2.41. The van der Waals surface area contributed by atoms with Crippen LogP contribution in [0.25, 0.3) is 0 Å². The van der Waals surface area contributed by atoms with E-state index >= 15 is 0 Å². The largest absolute Gasteiger partial charge is 0.110 e. The highest BCUT2D eigenvalue weighted by atomic mass is 32.6. The molecule has 0 aromatic rings. The van der Waals surface area contributed by atoms with E-state index in [1.54, 1.807) is 11.1 Å². The van der Waals surface area contributed by atoms with Gasteiger partial charge in [0.2, 0.25) is 0 Å². The van der Waals surface area contributed by atoms with Gasteiger partial charge in [0.1, 0.15) is 0 Å². The molecule has 0 aromatic carbocycles. The maximum absolute atomic E-state index is 3.10. The van der Waals surface area contributed by atoms with Gasteiger partial charge in [-0.2, -0.15) is 0 Å². The number of fused-ring (bicyclic) bond motifs is 1. The van der Waals surface area contributed by atoms with Gasteiger partial charge in [-0.15, -0.1) is 17.9 Å². The molecule has 4 heteroatoms. The van der Waals surface area contributed by atoms with E-state index in [2.05, 4.69) is 36.9 Å². The summed E-state index contributed by atoms with van der Waals surface area (Å²) in [5, 5.41) is 0. The minimum Gasteiger partial charge on any atom is -0.110 e. The van der Waals surface area contributed by atoms with Crippen LogP contribution in [0, 0.1) is 5.92 Å². The van der Waals surface area contributed by atoms with Crippen molar-refractivity contribution in [3.8, 4) is 0 Å². The summed E-state index contributed by atoms with van der Waals surface area (Å²) >= 11 is 0. The van der Waals surface area contributed by atoms with Gasteiger partial charge in [-0.05, 0) is 42.0 Å². The highest BCUT2D eigenvalue weighted by Gasteiger charge is 2.31. The standard InChI is InChI=1S/C10H18P4/c1-7-5-8-3-2-4-9(8)6-10(7)14(12)13-11/h3-4,7,10,13H,2,5-6,11-12H2,1H3/t7-,10-,14?/m0/s1. The van der Waals surface area contributed by atoms with Gasteiger partial charge in [0, 0.05) is 0 Å². The molecule has 0 bridgehead atoms. The monoisotopic (exact) mass is 262 g/mol. The van der Waals surface area contributed by atoms with Crippen molar-refractivity contribution in [2.45, 2.75) is 31.8 Å². The zero-order valence-electron chi connectivity index (χ0n) is 8.53. The topological polar surface area (TPSA) is 0 Å². The lowest BCUT2D eigenvalue weighted by molar-refractivity contribution is 0.512. The van der Waals surface area contributed by atoms with Crippen molar-refractivity contribution in [3.05, 3.63) is 23.3 Å². The average molecular weight is 262 g/mol. The molecule has 0 nitrogen and oxygen atoms in total. The maximum Gasteiger partial charge on any atom is -0.00667 e. The van der Waals surface area contributed by atoms with Crippen LogP contribution < -0.4 is 0 Å². The maximum atomic E-state index is 3.10. The smallest absolute Gasteiger partial charge is 0.00667 e. The summed E-state index contributed by atoms with van der Waals surface area (Å²) in [5.41, 5.74) is 4.29. The minimum atomic E-state index is 0.180. The molecule has 0 aliphatic heterocycles. The Morgan fingerprint density at radius 2 is 2.00 bits per heavy atom. The Balaban J connectivity index is 2.11. The third-order valence-corrected chi connectivity index (χ3v) is 14.7. The van der Waals surface area contributed by atoms with E-state index in [0.717, 1.165) is 19.5 Å². The van der Waals surface area contributed by atoms with Gasteiger partial charge >= 0.3 is 0 Å². The Labute approximate surface area is 94.4 Å². The van der Waals surface area contributed by atoms with Crippen LogP contribution in [0.2, 0.25) is 0 Å². The van der Waals surface area contributed by atoms with Crippen LogP contribution in [-0.4, -0.2) is 5.66 Å². The van der Waals surface area contributed by atoms with Crippen LogP contribution in [0.5, 0.6) is 0 Å². The molecule has 0 heterocycles. The molecule has 0 aromatic heterocycles. The first-order valence-corrected chi connectivity index (χ1v) is 11.8. The molecule has 2 aliphatic carbocycles. The summed E-state index contributed by atoms with van der Waals surface area (Å²) in [6.45, 7) is 2.44. The highest BCUT2D eigenvalue weighted by Crippen LogP contribution is 2.72. The van der Waals surface area contributed by atoms with Crippen LogP contribution in [0.15, 0.2) is 23.3 Å². The van der Waals surface area contributed by atoms with Gasteiger partial charge in [-0.25, -0.2) is 0 Å². The molecule has 6 atom stereocenters. The Bertz CT molecular complexity index is 282. The molecule has 78 valence electrons.